The molecule has 6 heteroatoms. The molecule has 0 spiro atoms. The zero-order valence-electron chi connectivity index (χ0n) is 17.8. The van der Waals surface area contributed by atoms with E-state index in [1.807, 2.05) is 42.3 Å². The largest absolute Gasteiger partial charge is 0.489 e. The van der Waals surface area contributed by atoms with Gasteiger partial charge in [0.1, 0.15) is 11.9 Å². The van der Waals surface area contributed by atoms with Crippen molar-refractivity contribution in [2.45, 2.75) is 37.5 Å². The molecular weight excluding hydrogens is 412 g/mol. The van der Waals surface area contributed by atoms with Crippen LogP contribution in [-0.2, 0) is 4.79 Å². The fourth-order valence-electron chi connectivity index (χ4n) is 4.46. The van der Waals surface area contributed by atoms with Crippen LogP contribution in [0.25, 0.3) is 5.57 Å². The Hall–Kier alpha value is -2.34. The molecule has 3 atom stereocenters. The Kier molecular flexibility index (Phi) is 6.65. The van der Waals surface area contributed by atoms with Gasteiger partial charge in [0, 0.05) is 43.7 Å². The van der Waals surface area contributed by atoms with Crippen molar-refractivity contribution < 1.29 is 14.6 Å². The van der Waals surface area contributed by atoms with Gasteiger partial charge in [-0.3, -0.25) is 9.69 Å². The second-order valence-electron chi connectivity index (χ2n) is 8.53. The molecule has 1 unspecified atom stereocenters. The van der Waals surface area contributed by atoms with Gasteiger partial charge in [0.15, 0.2) is 0 Å². The number of fused-ring (bicyclic) bond motifs is 1. The highest BCUT2D eigenvalue weighted by atomic mass is 35.5. The van der Waals surface area contributed by atoms with Crippen LogP contribution < -0.4 is 4.74 Å². The van der Waals surface area contributed by atoms with E-state index in [2.05, 4.69) is 23.6 Å². The summed E-state index contributed by atoms with van der Waals surface area (Å²) in [5.41, 5.74) is 2.95. The number of ether oxygens (including phenoxy) is 1. The van der Waals surface area contributed by atoms with E-state index in [-0.39, 0.29) is 30.6 Å². The minimum Gasteiger partial charge on any atom is -0.489 e. The summed E-state index contributed by atoms with van der Waals surface area (Å²) in [6.07, 6.45) is 1.12. The Bertz CT molecular complexity index is 949. The first-order chi connectivity index (χ1) is 14.9. The Balaban J connectivity index is 1.46. The molecule has 164 valence electrons. The summed E-state index contributed by atoms with van der Waals surface area (Å²) in [5.74, 6) is 0.760. The molecule has 2 aliphatic heterocycles. The number of rotatable bonds is 6. The van der Waals surface area contributed by atoms with Crippen molar-refractivity contribution in [2.75, 3.05) is 26.7 Å². The van der Waals surface area contributed by atoms with Gasteiger partial charge in [-0.05, 0) is 35.8 Å². The molecule has 2 aliphatic rings. The number of hydrogen-bond acceptors (Lipinski definition) is 4. The van der Waals surface area contributed by atoms with Crippen molar-refractivity contribution >= 4 is 23.1 Å². The average Bonchev–Trinajstić information content (AvgIpc) is 3.17. The summed E-state index contributed by atoms with van der Waals surface area (Å²) >= 11 is 6.10. The van der Waals surface area contributed by atoms with Crippen LogP contribution in [0.4, 0.5) is 0 Å². The third-order valence-electron chi connectivity index (χ3n) is 6.22. The van der Waals surface area contributed by atoms with Gasteiger partial charge in [-0.1, -0.05) is 48.5 Å². The molecular formula is C25H29ClN2O3. The maximum Gasteiger partial charge on any atom is 0.226 e. The van der Waals surface area contributed by atoms with Gasteiger partial charge in [-0.15, -0.1) is 0 Å². The Morgan fingerprint density at radius 2 is 2.10 bits per heavy atom. The summed E-state index contributed by atoms with van der Waals surface area (Å²) in [6.45, 7) is 6.35. The number of benzene rings is 2. The van der Waals surface area contributed by atoms with Gasteiger partial charge in [0.2, 0.25) is 5.91 Å². The molecule has 2 aromatic carbocycles. The Morgan fingerprint density at radius 1 is 1.32 bits per heavy atom. The lowest BCUT2D eigenvalue weighted by molar-refractivity contribution is -0.134. The first-order valence-corrected chi connectivity index (χ1v) is 11.1. The number of amides is 1. The molecule has 0 aliphatic carbocycles. The zero-order chi connectivity index (χ0) is 22.0. The summed E-state index contributed by atoms with van der Waals surface area (Å²) in [6, 6.07) is 15.5. The van der Waals surface area contributed by atoms with Crippen molar-refractivity contribution in [3.63, 3.8) is 0 Å². The first-order valence-electron chi connectivity index (χ1n) is 10.8. The fraction of sp³-hybridized carbons (Fsp3) is 0.400. The lowest BCUT2D eigenvalue weighted by Gasteiger charge is -2.34. The van der Waals surface area contributed by atoms with E-state index in [0.29, 0.717) is 24.5 Å². The van der Waals surface area contributed by atoms with Crippen LogP contribution in [0.1, 0.15) is 36.4 Å². The molecule has 5 nitrogen and oxygen atoms in total. The highest BCUT2D eigenvalue weighted by molar-refractivity contribution is 6.30. The first kappa shape index (κ1) is 21.9. The predicted octanol–water partition coefficient (Wildman–Crippen LogP) is 4.16. The van der Waals surface area contributed by atoms with Crippen LogP contribution in [0.5, 0.6) is 5.75 Å². The number of hydrogen-bond donors (Lipinski definition) is 1. The predicted molar refractivity (Wildman–Crippen MR) is 123 cm³/mol. The maximum atomic E-state index is 13.3. The molecule has 0 radical (unpaired) electrons. The second-order valence-corrected chi connectivity index (χ2v) is 8.96. The van der Waals surface area contributed by atoms with E-state index < -0.39 is 0 Å². The van der Waals surface area contributed by atoms with E-state index in [9.17, 15) is 9.90 Å². The van der Waals surface area contributed by atoms with Gasteiger partial charge >= 0.3 is 0 Å². The lowest BCUT2D eigenvalue weighted by Crippen LogP contribution is -2.40. The fourth-order valence-corrected chi connectivity index (χ4v) is 4.64. The lowest BCUT2D eigenvalue weighted by atomic mass is 9.95. The third-order valence-corrected chi connectivity index (χ3v) is 6.45. The van der Waals surface area contributed by atoms with Crippen LogP contribution in [-0.4, -0.2) is 59.7 Å². The topological polar surface area (TPSA) is 53.0 Å². The molecule has 1 saturated heterocycles. The van der Waals surface area contributed by atoms with Crippen LogP contribution in [0.2, 0.25) is 5.02 Å². The van der Waals surface area contributed by atoms with Crippen LogP contribution in [0.15, 0.2) is 55.1 Å². The van der Waals surface area contributed by atoms with Crippen molar-refractivity contribution in [3.8, 4) is 5.75 Å². The molecule has 4 rings (SSSR count). The summed E-state index contributed by atoms with van der Waals surface area (Å²) < 4.78 is 6.10. The zero-order valence-corrected chi connectivity index (χ0v) is 18.6. The summed E-state index contributed by atoms with van der Waals surface area (Å²) in [4.78, 5) is 17.3. The molecule has 1 amide bonds. The number of halogens is 1. The van der Waals surface area contributed by atoms with E-state index >= 15 is 0 Å². The SMILES string of the molecule is C=C1CC(CC(=O)N(C)[C@H](CN2CC[C@H](O)C2)c2ccccc2)Oc2ccc(Cl)cc21. The highest BCUT2D eigenvalue weighted by Gasteiger charge is 2.31. The van der Waals surface area contributed by atoms with Crippen molar-refractivity contribution in [1.29, 1.82) is 0 Å². The van der Waals surface area contributed by atoms with Gasteiger partial charge < -0.3 is 14.7 Å². The molecule has 31 heavy (non-hydrogen) atoms. The number of aliphatic hydroxyl groups excluding tert-OH is 1. The number of likely N-dealkylation sites (N-methyl/N-ethyl adjacent to an activating group) is 1. The molecule has 1 fully saturated rings. The average molecular weight is 441 g/mol. The number of aliphatic hydroxyl groups is 1. The Labute approximate surface area is 188 Å². The van der Waals surface area contributed by atoms with E-state index in [1.54, 1.807) is 6.07 Å². The van der Waals surface area contributed by atoms with Crippen molar-refractivity contribution in [1.82, 2.24) is 9.80 Å². The number of carbonyl (C=O) groups excluding carboxylic acids is 1. The van der Waals surface area contributed by atoms with Crippen LogP contribution in [0, 0.1) is 0 Å². The van der Waals surface area contributed by atoms with Crippen molar-refractivity contribution in [2.24, 2.45) is 0 Å². The monoisotopic (exact) mass is 440 g/mol. The molecule has 2 aromatic rings. The Morgan fingerprint density at radius 3 is 2.81 bits per heavy atom. The minimum absolute atomic E-state index is 0.0313. The van der Waals surface area contributed by atoms with Gasteiger partial charge in [-0.2, -0.15) is 0 Å². The summed E-state index contributed by atoms with van der Waals surface area (Å²) in [5, 5.41) is 10.6. The van der Waals surface area contributed by atoms with Crippen molar-refractivity contribution in [3.05, 3.63) is 71.3 Å². The number of nitrogens with zero attached hydrogens (tertiary/aromatic N) is 2. The van der Waals surface area contributed by atoms with E-state index in [0.717, 1.165) is 35.4 Å². The van der Waals surface area contributed by atoms with Crippen LogP contribution in [0.3, 0.4) is 0 Å². The normalized spacial score (nSPS) is 22.0. The number of β-amino-alcohol motifs (C(OH)–C–C–N with tert-alkyl or cyclic N) is 1. The molecule has 0 aromatic heterocycles. The molecule has 0 bridgehead atoms. The van der Waals surface area contributed by atoms with Crippen LogP contribution >= 0.6 is 11.6 Å². The van der Waals surface area contributed by atoms with E-state index in [4.69, 9.17) is 16.3 Å². The quantitative estimate of drug-likeness (QED) is 0.732. The second kappa shape index (κ2) is 9.43. The standard InChI is InChI=1S/C25H29ClN2O3/c1-17-12-21(31-24-9-8-19(26)13-22(17)24)14-25(30)27(2)23(18-6-4-3-5-7-18)16-28-11-10-20(29)15-28/h3-9,13,20-21,23,29H,1,10-12,14-16H2,2H3/t20-,21?,23+/m0/s1. The van der Waals surface area contributed by atoms with Gasteiger partial charge in [0.05, 0.1) is 18.6 Å². The number of carbonyl (C=O) groups is 1. The molecule has 2 heterocycles. The number of likely N-dealkylation sites (tertiary alicyclic amines) is 1. The smallest absolute Gasteiger partial charge is 0.226 e. The molecule has 0 saturated carbocycles. The molecule has 1 N–H and O–H groups in total. The minimum atomic E-state index is -0.285. The summed E-state index contributed by atoms with van der Waals surface area (Å²) in [7, 11) is 1.86. The highest BCUT2D eigenvalue weighted by Crippen LogP contribution is 2.37. The third kappa shape index (κ3) is 5.12. The van der Waals surface area contributed by atoms with E-state index in [1.165, 1.54) is 0 Å². The van der Waals surface area contributed by atoms with Gasteiger partial charge in [0.25, 0.3) is 0 Å². The van der Waals surface area contributed by atoms with Gasteiger partial charge in [-0.25, -0.2) is 0 Å². The maximum absolute atomic E-state index is 13.3.